The van der Waals surface area contributed by atoms with Crippen molar-refractivity contribution in [1.82, 2.24) is 5.32 Å². The van der Waals surface area contributed by atoms with Gasteiger partial charge in [0.25, 0.3) is 0 Å². The molecule has 5 heteroatoms. The highest BCUT2D eigenvalue weighted by Crippen LogP contribution is 2.19. The summed E-state index contributed by atoms with van der Waals surface area (Å²) in [5, 5.41) is 2.89. The zero-order chi connectivity index (χ0) is 13.0. The summed E-state index contributed by atoms with van der Waals surface area (Å²) in [7, 11) is 0. The van der Waals surface area contributed by atoms with E-state index in [4.69, 9.17) is 12.2 Å². The van der Waals surface area contributed by atoms with E-state index in [-0.39, 0.29) is 18.2 Å². The minimum Gasteiger partial charge on any atom is -0.329 e. The van der Waals surface area contributed by atoms with Crippen LogP contribution in [0.3, 0.4) is 0 Å². The summed E-state index contributed by atoms with van der Waals surface area (Å²) in [5.74, 6) is -1.56. The first kappa shape index (κ1) is 13.6. The van der Waals surface area contributed by atoms with Gasteiger partial charge in [-0.3, -0.25) is 5.32 Å². The van der Waals surface area contributed by atoms with Crippen molar-refractivity contribution in [1.29, 1.82) is 0 Å². The zero-order valence-corrected chi connectivity index (χ0v) is 9.31. The molecule has 0 spiro atoms. The Morgan fingerprint density at radius 1 is 1.35 bits per heavy atom. The molecule has 2 unspecified atom stereocenters. The lowest BCUT2D eigenvalue weighted by atomic mass is 10.1. The summed E-state index contributed by atoms with van der Waals surface area (Å²) in [6.07, 6.45) is 5.18. The van der Waals surface area contributed by atoms with Crippen LogP contribution in [-0.4, -0.2) is 12.6 Å². The molecule has 0 radical (unpaired) electrons. The van der Waals surface area contributed by atoms with Crippen molar-refractivity contribution >= 4 is 0 Å². The Kier molecular flexibility index (Phi) is 4.55. The Balaban J connectivity index is 3.01. The van der Waals surface area contributed by atoms with Gasteiger partial charge in [0.15, 0.2) is 17.5 Å². The Morgan fingerprint density at radius 3 is 2.29 bits per heavy atom. The van der Waals surface area contributed by atoms with Gasteiger partial charge < -0.3 is 5.73 Å². The van der Waals surface area contributed by atoms with Crippen LogP contribution in [0.15, 0.2) is 12.1 Å². The van der Waals surface area contributed by atoms with Gasteiger partial charge in [0.05, 0.1) is 6.04 Å². The van der Waals surface area contributed by atoms with Crippen LogP contribution in [-0.2, 0) is 0 Å². The molecule has 0 aliphatic carbocycles. The summed E-state index contributed by atoms with van der Waals surface area (Å²) in [6.45, 7) is 1.80. The second kappa shape index (κ2) is 5.71. The molecule has 0 heterocycles. The number of nitrogens with two attached hydrogens (primary N) is 1. The second-order valence-electron chi connectivity index (χ2n) is 3.64. The molecule has 2 nitrogen and oxygen atoms in total. The normalized spacial score (nSPS) is 14.1. The van der Waals surface area contributed by atoms with E-state index in [1.54, 1.807) is 6.92 Å². The summed E-state index contributed by atoms with van der Waals surface area (Å²) in [5.41, 5.74) is 5.70. The Hall–Kier alpha value is -1.51. The summed E-state index contributed by atoms with van der Waals surface area (Å²) < 4.78 is 38.8. The zero-order valence-electron chi connectivity index (χ0n) is 9.31. The predicted octanol–water partition coefficient (Wildman–Crippen LogP) is 1.72. The third-order valence-electron chi connectivity index (χ3n) is 2.35. The van der Waals surface area contributed by atoms with Gasteiger partial charge in [0.2, 0.25) is 0 Å². The molecule has 0 fully saturated rings. The van der Waals surface area contributed by atoms with Gasteiger partial charge in [-0.1, -0.05) is 5.92 Å². The van der Waals surface area contributed by atoms with Gasteiger partial charge in [0, 0.05) is 12.6 Å². The van der Waals surface area contributed by atoms with E-state index in [1.807, 2.05) is 0 Å². The highest BCUT2D eigenvalue weighted by Gasteiger charge is 2.17. The molecule has 17 heavy (non-hydrogen) atoms. The summed E-state index contributed by atoms with van der Waals surface area (Å²) in [6, 6.07) is 0.989. The molecule has 0 bridgehead atoms. The number of hydrogen-bond donors (Lipinski definition) is 2. The molecule has 0 aromatic heterocycles. The highest BCUT2D eigenvalue weighted by molar-refractivity contribution is 5.23. The summed E-state index contributed by atoms with van der Waals surface area (Å²) in [4.78, 5) is 0. The lowest BCUT2D eigenvalue weighted by Crippen LogP contribution is -2.34. The maximum absolute atomic E-state index is 13.0. The van der Waals surface area contributed by atoms with Crippen LogP contribution in [0.5, 0.6) is 0 Å². The number of terminal acetylenes is 1. The van der Waals surface area contributed by atoms with Crippen molar-refractivity contribution in [3.8, 4) is 12.3 Å². The largest absolute Gasteiger partial charge is 0.329 e. The molecule has 0 saturated carbocycles. The molecule has 1 rings (SSSR count). The van der Waals surface area contributed by atoms with E-state index in [0.29, 0.717) is 0 Å². The van der Waals surface area contributed by atoms with E-state index >= 15 is 0 Å². The molecule has 92 valence electrons. The van der Waals surface area contributed by atoms with Gasteiger partial charge in [-0.15, -0.1) is 6.42 Å². The quantitative estimate of drug-likeness (QED) is 0.623. The molecule has 3 N–H and O–H groups in total. The first-order valence-corrected chi connectivity index (χ1v) is 5.06. The monoisotopic (exact) mass is 242 g/mol. The van der Waals surface area contributed by atoms with E-state index in [9.17, 15) is 13.2 Å². The highest BCUT2D eigenvalue weighted by atomic mass is 19.2. The van der Waals surface area contributed by atoms with Crippen LogP contribution < -0.4 is 11.1 Å². The minimum atomic E-state index is -1.49. The third kappa shape index (κ3) is 3.22. The summed E-state index contributed by atoms with van der Waals surface area (Å²) >= 11 is 0. The SMILES string of the molecule is C#CC(C)NC(CN)c1cc(F)c(F)c(F)c1. The van der Waals surface area contributed by atoms with Crippen molar-refractivity contribution in [3.63, 3.8) is 0 Å². The van der Waals surface area contributed by atoms with Crippen LogP contribution >= 0.6 is 0 Å². The molecular weight excluding hydrogens is 229 g/mol. The topological polar surface area (TPSA) is 38.0 Å². The van der Waals surface area contributed by atoms with Crippen LogP contribution in [0.25, 0.3) is 0 Å². The van der Waals surface area contributed by atoms with Crippen molar-refractivity contribution in [2.75, 3.05) is 6.54 Å². The Morgan fingerprint density at radius 2 is 1.88 bits per heavy atom. The van der Waals surface area contributed by atoms with Gasteiger partial charge in [0.1, 0.15) is 0 Å². The van der Waals surface area contributed by atoms with Crippen LogP contribution in [0.2, 0.25) is 0 Å². The number of benzene rings is 1. The smallest absolute Gasteiger partial charge is 0.194 e. The van der Waals surface area contributed by atoms with Crippen LogP contribution in [0, 0.1) is 29.8 Å². The number of rotatable bonds is 4. The molecule has 1 aromatic rings. The fraction of sp³-hybridized carbons (Fsp3) is 0.333. The number of nitrogens with one attached hydrogen (secondary N) is 1. The first-order chi connectivity index (χ1) is 7.99. The second-order valence-corrected chi connectivity index (χ2v) is 3.64. The standard InChI is InChI=1S/C12H13F3N2/c1-3-7(2)17-11(6-16)8-4-9(13)12(15)10(14)5-8/h1,4-5,7,11,17H,6,16H2,2H3. The molecule has 1 aromatic carbocycles. The molecule has 0 saturated heterocycles. The molecule has 0 aliphatic heterocycles. The molecule has 0 amide bonds. The lowest BCUT2D eigenvalue weighted by Gasteiger charge is -2.19. The molecular formula is C12H13F3N2. The van der Waals surface area contributed by atoms with Crippen molar-refractivity contribution in [3.05, 3.63) is 35.1 Å². The van der Waals surface area contributed by atoms with Gasteiger partial charge in [-0.25, -0.2) is 13.2 Å². The fourth-order valence-corrected chi connectivity index (χ4v) is 1.43. The van der Waals surface area contributed by atoms with Gasteiger partial charge in [-0.05, 0) is 24.6 Å². The Labute approximate surface area is 98.0 Å². The van der Waals surface area contributed by atoms with Gasteiger partial charge >= 0.3 is 0 Å². The average Bonchev–Trinajstić information content (AvgIpc) is 2.31. The molecule has 0 aliphatic rings. The lowest BCUT2D eigenvalue weighted by molar-refractivity contribution is 0.438. The van der Waals surface area contributed by atoms with Crippen LogP contribution in [0.1, 0.15) is 18.5 Å². The van der Waals surface area contributed by atoms with E-state index in [1.165, 1.54) is 0 Å². The van der Waals surface area contributed by atoms with Crippen LogP contribution in [0.4, 0.5) is 13.2 Å². The van der Waals surface area contributed by atoms with E-state index in [2.05, 4.69) is 11.2 Å². The van der Waals surface area contributed by atoms with Gasteiger partial charge in [-0.2, -0.15) is 0 Å². The number of halogens is 3. The minimum absolute atomic E-state index is 0.0938. The van der Waals surface area contributed by atoms with E-state index < -0.39 is 23.5 Å². The van der Waals surface area contributed by atoms with Crippen molar-refractivity contribution in [2.45, 2.75) is 19.0 Å². The maximum Gasteiger partial charge on any atom is 0.194 e. The number of hydrogen-bond acceptors (Lipinski definition) is 2. The van der Waals surface area contributed by atoms with E-state index in [0.717, 1.165) is 12.1 Å². The first-order valence-electron chi connectivity index (χ1n) is 5.06. The maximum atomic E-state index is 13.0. The average molecular weight is 242 g/mol. The van der Waals surface area contributed by atoms with Crippen molar-refractivity contribution in [2.24, 2.45) is 5.73 Å². The third-order valence-corrected chi connectivity index (χ3v) is 2.35. The fourth-order valence-electron chi connectivity index (χ4n) is 1.43. The van der Waals surface area contributed by atoms with Crippen molar-refractivity contribution < 1.29 is 13.2 Å². The molecule has 2 atom stereocenters. The predicted molar refractivity (Wildman–Crippen MR) is 59.5 cm³/mol. The Bertz CT molecular complexity index is 417.